The summed E-state index contributed by atoms with van der Waals surface area (Å²) in [7, 11) is 0. The number of rotatable bonds is 5. The zero-order chi connectivity index (χ0) is 17.8. The maximum atomic E-state index is 12.6. The van der Waals surface area contributed by atoms with Gasteiger partial charge in [-0.25, -0.2) is 15.0 Å². The molecule has 132 valence electrons. The van der Waals surface area contributed by atoms with E-state index >= 15 is 0 Å². The van der Waals surface area contributed by atoms with Gasteiger partial charge in [0.2, 0.25) is 0 Å². The highest BCUT2D eigenvalue weighted by Gasteiger charge is 2.30. The highest BCUT2D eigenvalue weighted by molar-refractivity contribution is 7.13. The smallest absolute Gasteiger partial charge is 0.271 e. The molecule has 1 fully saturated rings. The molecule has 1 aliphatic heterocycles. The highest BCUT2D eigenvalue weighted by atomic mass is 32.1. The molecule has 0 bridgehead atoms. The topological polar surface area (TPSA) is 89.9 Å². The molecule has 1 aliphatic rings. The van der Waals surface area contributed by atoms with E-state index in [1.54, 1.807) is 36.2 Å². The van der Waals surface area contributed by atoms with Gasteiger partial charge in [0.25, 0.3) is 5.91 Å². The van der Waals surface area contributed by atoms with Crippen LogP contribution in [0.15, 0.2) is 48.4 Å². The van der Waals surface area contributed by atoms with Crippen molar-refractivity contribution in [3.63, 3.8) is 0 Å². The van der Waals surface area contributed by atoms with Crippen LogP contribution in [0.3, 0.4) is 0 Å². The van der Waals surface area contributed by atoms with Gasteiger partial charge < -0.3 is 10.1 Å². The second-order valence-electron chi connectivity index (χ2n) is 6.05. The predicted molar refractivity (Wildman–Crippen MR) is 96.6 cm³/mol. The van der Waals surface area contributed by atoms with E-state index in [-0.39, 0.29) is 17.9 Å². The first kappa shape index (κ1) is 16.7. The summed E-state index contributed by atoms with van der Waals surface area (Å²) in [6.45, 7) is 1.15. The van der Waals surface area contributed by atoms with Crippen LogP contribution in [0.5, 0.6) is 0 Å². The quantitative estimate of drug-likeness (QED) is 0.742. The fraction of sp³-hybridized carbons (Fsp3) is 0.278. The number of carbonyl (C=O) groups is 1. The monoisotopic (exact) mass is 367 g/mol. The molecular weight excluding hydrogens is 350 g/mol. The van der Waals surface area contributed by atoms with Crippen molar-refractivity contribution in [1.82, 2.24) is 25.3 Å². The lowest BCUT2D eigenvalue weighted by Gasteiger charge is -2.18. The van der Waals surface area contributed by atoms with Gasteiger partial charge in [0, 0.05) is 36.1 Å². The van der Waals surface area contributed by atoms with E-state index in [9.17, 15) is 4.79 Å². The summed E-state index contributed by atoms with van der Waals surface area (Å²) in [5.74, 6) is 0.562. The fourth-order valence-corrected chi connectivity index (χ4v) is 3.66. The summed E-state index contributed by atoms with van der Waals surface area (Å²) in [6, 6.07) is 5.69. The zero-order valence-corrected chi connectivity index (χ0v) is 14.7. The van der Waals surface area contributed by atoms with Crippen molar-refractivity contribution in [2.75, 3.05) is 13.2 Å². The van der Waals surface area contributed by atoms with Crippen molar-refractivity contribution in [2.45, 2.75) is 12.5 Å². The maximum Gasteiger partial charge on any atom is 0.271 e. The van der Waals surface area contributed by atoms with Gasteiger partial charge in [-0.2, -0.15) is 0 Å². The van der Waals surface area contributed by atoms with Crippen LogP contribution in [-0.2, 0) is 11.2 Å². The number of hydrogen-bond donors (Lipinski definition) is 1. The van der Waals surface area contributed by atoms with E-state index in [1.807, 2.05) is 12.1 Å². The Labute approximate surface area is 154 Å². The summed E-state index contributed by atoms with van der Waals surface area (Å²) < 4.78 is 5.59. The molecule has 0 saturated carbocycles. The molecule has 0 unspecified atom stereocenters. The van der Waals surface area contributed by atoms with Gasteiger partial charge in [0.05, 0.1) is 19.3 Å². The van der Waals surface area contributed by atoms with Gasteiger partial charge in [-0.15, -0.1) is 11.3 Å². The lowest BCUT2D eigenvalue weighted by atomic mass is 9.95. The third-order valence-electron chi connectivity index (χ3n) is 4.26. The third kappa shape index (κ3) is 3.76. The van der Waals surface area contributed by atoms with E-state index in [2.05, 4.69) is 25.3 Å². The van der Waals surface area contributed by atoms with Crippen LogP contribution >= 0.6 is 11.3 Å². The molecule has 1 amide bonds. The van der Waals surface area contributed by atoms with Gasteiger partial charge in [-0.3, -0.25) is 9.78 Å². The second-order valence-corrected chi connectivity index (χ2v) is 6.91. The molecule has 26 heavy (non-hydrogen) atoms. The number of hydrogen-bond acceptors (Lipinski definition) is 7. The van der Waals surface area contributed by atoms with Gasteiger partial charge in [-0.05, 0) is 30.2 Å². The summed E-state index contributed by atoms with van der Waals surface area (Å²) in [6.07, 6.45) is 7.71. The Morgan fingerprint density at radius 3 is 2.81 bits per heavy atom. The summed E-state index contributed by atoms with van der Waals surface area (Å²) in [5, 5.41) is 5.42. The number of aromatic nitrogens is 4. The highest BCUT2D eigenvalue weighted by Crippen LogP contribution is 2.22. The predicted octanol–water partition coefficient (Wildman–Crippen LogP) is 1.98. The average molecular weight is 367 g/mol. The van der Waals surface area contributed by atoms with E-state index in [1.165, 1.54) is 16.9 Å². The summed E-state index contributed by atoms with van der Waals surface area (Å²) >= 11 is 1.36. The molecule has 8 heteroatoms. The van der Waals surface area contributed by atoms with Gasteiger partial charge in [0.15, 0.2) is 10.8 Å². The molecule has 3 aromatic heterocycles. The molecular formula is C18H17N5O2S. The van der Waals surface area contributed by atoms with Crippen LogP contribution in [-0.4, -0.2) is 45.1 Å². The van der Waals surface area contributed by atoms with E-state index < -0.39 is 0 Å². The van der Waals surface area contributed by atoms with Crippen molar-refractivity contribution in [2.24, 2.45) is 5.92 Å². The first-order valence-corrected chi connectivity index (χ1v) is 9.18. The standard InChI is InChI=1S/C18H17N5O2S/c24-17(15-11-26-18(23-15)16-20-4-1-5-21-16)22-14-10-25-9-13(14)8-12-2-6-19-7-3-12/h1-7,11,13-14H,8-10H2,(H,22,24)/t13-,14+/m1/s1. The van der Waals surface area contributed by atoms with E-state index in [4.69, 9.17) is 4.74 Å². The van der Waals surface area contributed by atoms with Crippen LogP contribution in [0.25, 0.3) is 10.8 Å². The van der Waals surface area contributed by atoms with Gasteiger partial charge >= 0.3 is 0 Å². The molecule has 1 saturated heterocycles. The first-order chi connectivity index (χ1) is 12.8. The Morgan fingerprint density at radius 1 is 1.19 bits per heavy atom. The number of carbonyl (C=O) groups excluding carboxylic acids is 1. The van der Waals surface area contributed by atoms with Crippen LogP contribution in [0.1, 0.15) is 16.1 Å². The Morgan fingerprint density at radius 2 is 2.00 bits per heavy atom. The van der Waals surface area contributed by atoms with Crippen LogP contribution in [0, 0.1) is 5.92 Å². The average Bonchev–Trinajstić information content (AvgIpc) is 3.34. The Balaban J connectivity index is 1.42. The number of amides is 1. The van der Waals surface area contributed by atoms with Crippen LogP contribution in [0.4, 0.5) is 0 Å². The van der Waals surface area contributed by atoms with E-state index in [0.29, 0.717) is 29.7 Å². The van der Waals surface area contributed by atoms with Crippen molar-refractivity contribution < 1.29 is 9.53 Å². The number of nitrogens with zero attached hydrogens (tertiary/aromatic N) is 4. The first-order valence-electron chi connectivity index (χ1n) is 8.30. The number of thiazole rings is 1. The molecule has 7 nitrogen and oxygen atoms in total. The van der Waals surface area contributed by atoms with Crippen molar-refractivity contribution in [1.29, 1.82) is 0 Å². The summed E-state index contributed by atoms with van der Waals surface area (Å²) in [5.41, 5.74) is 1.57. The van der Waals surface area contributed by atoms with Gasteiger partial charge in [-0.1, -0.05) is 0 Å². The number of ether oxygens (including phenoxy) is 1. The molecule has 4 heterocycles. The van der Waals surface area contributed by atoms with Crippen LogP contribution in [0.2, 0.25) is 0 Å². The number of nitrogens with one attached hydrogen (secondary N) is 1. The normalized spacial score (nSPS) is 19.4. The van der Waals surface area contributed by atoms with Crippen molar-refractivity contribution in [3.05, 3.63) is 59.6 Å². The minimum Gasteiger partial charge on any atom is -0.379 e. The molecule has 2 atom stereocenters. The molecule has 0 aromatic carbocycles. The van der Waals surface area contributed by atoms with Crippen molar-refractivity contribution in [3.8, 4) is 10.8 Å². The molecule has 3 aromatic rings. The van der Waals surface area contributed by atoms with Gasteiger partial charge in [0.1, 0.15) is 5.69 Å². The van der Waals surface area contributed by atoms with E-state index in [0.717, 1.165) is 6.42 Å². The Kier molecular flexibility index (Phi) is 4.94. The summed E-state index contributed by atoms with van der Waals surface area (Å²) in [4.78, 5) is 29.3. The zero-order valence-electron chi connectivity index (χ0n) is 13.9. The Bertz CT molecular complexity index is 872. The maximum absolute atomic E-state index is 12.6. The molecule has 0 radical (unpaired) electrons. The molecule has 0 aliphatic carbocycles. The number of pyridine rings is 1. The SMILES string of the molecule is O=C(N[C@H]1COC[C@H]1Cc1ccncc1)c1csc(-c2ncccn2)n1. The lowest BCUT2D eigenvalue weighted by Crippen LogP contribution is -2.40. The van der Waals surface area contributed by atoms with Crippen molar-refractivity contribution >= 4 is 17.2 Å². The minimum absolute atomic E-state index is 0.0335. The lowest BCUT2D eigenvalue weighted by molar-refractivity contribution is 0.0921. The minimum atomic E-state index is -0.196. The third-order valence-corrected chi connectivity index (χ3v) is 5.09. The Hall–Kier alpha value is -2.71. The molecule has 4 rings (SSSR count). The fourth-order valence-electron chi connectivity index (χ4n) is 2.91. The molecule has 0 spiro atoms. The second kappa shape index (κ2) is 7.67. The van der Waals surface area contributed by atoms with Crippen LogP contribution < -0.4 is 5.32 Å². The molecule has 1 N–H and O–H groups in total. The largest absolute Gasteiger partial charge is 0.379 e.